The minimum atomic E-state index is 0.273. The molecule has 2 N–H and O–H groups in total. The second-order valence-corrected chi connectivity index (χ2v) is 5.89. The van der Waals surface area contributed by atoms with E-state index in [1.165, 1.54) is 18.4 Å². The number of nitrogens with zero attached hydrogens (tertiary/aromatic N) is 2. The average Bonchev–Trinajstić information content (AvgIpc) is 2.56. The maximum Gasteiger partial charge on any atom is 0.0271 e. The summed E-state index contributed by atoms with van der Waals surface area (Å²) in [6.07, 6.45) is 6.12. The third-order valence-corrected chi connectivity index (χ3v) is 4.15. The van der Waals surface area contributed by atoms with Crippen LogP contribution < -0.4 is 5.73 Å². The van der Waals surface area contributed by atoms with Gasteiger partial charge in [-0.2, -0.15) is 0 Å². The number of rotatable bonds is 3. The molecule has 0 spiro atoms. The van der Waals surface area contributed by atoms with E-state index in [2.05, 4.69) is 42.9 Å². The van der Waals surface area contributed by atoms with E-state index in [-0.39, 0.29) is 11.5 Å². The Morgan fingerprint density at radius 3 is 2.59 bits per heavy atom. The van der Waals surface area contributed by atoms with Crippen LogP contribution in [-0.4, -0.2) is 29.0 Å². The lowest BCUT2D eigenvalue weighted by atomic mass is 9.87. The van der Waals surface area contributed by atoms with Gasteiger partial charge in [0.2, 0.25) is 0 Å². The normalized spacial score (nSPS) is 27.6. The van der Waals surface area contributed by atoms with Gasteiger partial charge >= 0.3 is 0 Å². The molecule has 0 radical (unpaired) electrons. The summed E-state index contributed by atoms with van der Waals surface area (Å²) in [5, 5.41) is 0. The standard InChI is InChI=1S/C14H23N3/c1-14(2)7-4-12(13(14)15)17(3)10-11-5-8-16-9-6-11/h5-6,8-9,12-13H,4,7,10,15H2,1-3H3. The van der Waals surface area contributed by atoms with Gasteiger partial charge in [0.1, 0.15) is 0 Å². The molecule has 0 aromatic carbocycles. The monoisotopic (exact) mass is 233 g/mol. The largest absolute Gasteiger partial charge is 0.326 e. The lowest BCUT2D eigenvalue weighted by Crippen LogP contribution is -2.47. The highest BCUT2D eigenvalue weighted by molar-refractivity contribution is 5.10. The minimum absolute atomic E-state index is 0.273. The fourth-order valence-electron chi connectivity index (χ4n) is 2.77. The van der Waals surface area contributed by atoms with Crippen molar-refractivity contribution in [3.63, 3.8) is 0 Å². The van der Waals surface area contributed by atoms with Crippen LogP contribution in [0.15, 0.2) is 24.5 Å². The molecule has 1 aliphatic carbocycles. The summed E-state index contributed by atoms with van der Waals surface area (Å²) >= 11 is 0. The van der Waals surface area contributed by atoms with E-state index < -0.39 is 0 Å². The Morgan fingerprint density at radius 1 is 1.41 bits per heavy atom. The number of nitrogens with two attached hydrogens (primary N) is 1. The van der Waals surface area contributed by atoms with E-state index in [4.69, 9.17) is 5.73 Å². The molecule has 1 saturated carbocycles. The predicted octanol–water partition coefficient (Wildman–Crippen LogP) is 2.03. The number of hydrogen-bond donors (Lipinski definition) is 1. The zero-order chi connectivity index (χ0) is 12.5. The van der Waals surface area contributed by atoms with Crippen molar-refractivity contribution >= 4 is 0 Å². The van der Waals surface area contributed by atoms with Gasteiger partial charge in [0.15, 0.2) is 0 Å². The summed E-state index contributed by atoms with van der Waals surface area (Å²) in [6, 6.07) is 4.91. The minimum Gasteiger partial charge on any atom is -0.326 e. The Balaban J connectivity index is 2.00. The van der Waals surface area contributed by atoms with Crippen LogP contribution in [0.3, 0.4) is 0 Å². The average molecular weight is 233 g/mol. The molecule has 2 unspecified atom stereocenters. The highest BCUT2D eigenvalue weighted by Gasteiger charge is 2.40. The Bertz CT molecular complexity index is 361. The number of hydrogen-bond acceptors (Lipinski definition) is 3. The lowest BCUT2D eigenvalue weighted by molar-refractivity contribution is 0.191. The molecular weight excluding hydrogens is 210 g/mol. The molecule has 1 aliphatic rings. The van der Waals surface area contributed by atoms with E-state index >= 15 is 0 Å². The maximum absolute atomic E-state index is 6.36. The van der Waals surface area contributed by atoms with Gasteiger partial charge in [-0.15, -0.1) is 0 Å². The van der Waals surface area contributed by atoms with E-state index in [0.29, 0.717) is 6.04 Å². The molecule has 1 aromatic rings. The Morgan fingerprint density at radius 2 is 2.06 bits per heavy atom. The van der Waals surface area contributed by atoms with Crippen LogP contribution in [0.5, 0.6) is 0 Å². The molecule has 0 bridgehead atoms. The lowest BCUT2D eigenvalue weighted by Gasteiger charge is -2.32. The molecule has 0 aliphatic heterocycles. The van der Waals surface area contributed by atoms with Gasteiger partial charge in [-0.1, -0.05) is 13.8 Å². The van der Waals surface area contributed by atoms with Gasteiger partial charge in [0.25, 0.3) is 0 Å². The fourth-order valence-corrected chi connectivity index (χ4v) is 2.77. The predicted molar refractivity (Wildman–Crippen MR) is 70.5 cm³/mol. The molecule has 3 nitrogen and oxygen atoms in total. The van der Waals surface area contributed by atoms with Crippen LogP contribution in [0.4, 0.5) is 0 Å². The highest BCUT2D eigenvalue weighted by atomic mass is 15.2. The van der Waals surface area contributed by atoms with Gasteiger partial charge in [0, 0.05) is 31.0 Å². The summed E-state index contributed by atoms with van der Waals surface area (Å²) in [5.41, 5.74) is 7.94. The first-order chi connectivity index (χ1) is 8.00. The molecule has 1 heterocycles. The van der Waals surface area contributed by atoms with Crippen LogP contribution >= 0.6 is 0 Å². The topological polar surface area (TPSA) is 42.2 Å². The summed E-state index contributed by atoms with van der Waals surface area (Å²) < 4.78 is 0. The van der Waals surface area contributed by atoms with Crippen molar-refractivity contribution in [2.45, 2.75) is 45.3 Å². The third-order valence-electron chi connectivity index (χ3n) is 4.15. The molecule has 17 heavy (non-hydrogen) atoms. The van der Waals surface area contributed by atoms with Crippen molar-refractivity contribution in [2.75, 3.05) is 7.05 Å². The van der Waals surface area contributed by atoms with Crippen LogP contribution in [-0.2, 0) is 6.54 Å². The zero-order valence-corrected chi connectivity index (χ0v) is 11.1. The molecule has 1 fully saturated rings. The third kappa shape index (κ3) is 2.67. The van der Waals surface area contributed by atoms with Crippen molar-refractivity contribution < 1.29 is 0 Å². The van der Waals surface area contributed by atoms with E-state index in [1.807, 2.05) is 12.4 Å². The van der Waals surface area contributed by atoms with E-state index in [0.717, 1.165) is 6.54 Å². The summed E-state index contributed by atoms with van der Waals surface area (Å²) in [7, 11) is 2.17. The zero-order valence-electron chi connectivity index (χ0n) is 11.1. The second-order valence-electron chi connectivity index (χ2n) is 5.89. The SMILES string of the molecule is CN(Cc1ccncc1)C1CCC(C)(C)C1N. The van der Waals surface area contributed by atoms with E-state index in [9.17, 15) is 0 Å². The van der Waals surface area contributed by atoms with Crippen molar-refractivity contribution in [2.24, 2.45) is 11.1 Å². The van der Waals surface area contributed by atoms with Crippen LogP contribution in [0.1, 0.15) is 32.3 Å². The van der Waals surface area contributed by atoms with Gasteiger partial charge in [-0.25, -0.2) is 0 Å². The summed E-state index contributed by atoms with van der Waals surface area (Å²) in [5.74, 6) is 0. The second kappa shape index (κ2) is 4.75. The molecule has 3 heteroatoms. The Kier molecular flexibility index (Phi) is 3.50. The molecule has 2 atom stereocenters. The molecule has 0 saturated heterocycles. The Labute approximate surface area is 104 Å². The van der Waals surface area contributed by atoms with Crippen molar-refractivity contribution in [3.05, 3.63) is 30.1 Å². The number of likely N-dealkylation sites (N-methyl/N-ethyl adjacent to an activating group) is 1. The van der Waals surface area contributed by atoms with Crippen LogP contribution in [0.25, 0.3) is 0 Å². The van der Waals surface area contributed by atoms with Gasteiger partial charge in [0.05, 0.1) is 0 Å². The number of aromatic nitrogens is 1. The first-order valence-electron chi connectivity index (χ1n) is 6.35. The van der Waals surface area contributed by atoms with Crippen LogP contribution in [0, 0.1) is 5.41 Å². The summed E-state index contributed by atoms with van der Waals surface area (Å²) in [6.45, 7) is 5.51. The first-order valence-corrected chi connectivity index (χ1v) is 6.35. The summed E-state index contributed by atoms with van der Waals surface area (Å²) in [4.78, 5) is 6.43. The van der Waals surface area contributed by atoms with Crippen molar-refractivity contribution in [3.8, 4) is 0 Å². The number of pyridine rings is 1. The van der Waals surface area contributed by atoms with Gasteiger partial charge in [-0.05, 0) is 43.0 Å². The maximum atomic E-state index is 6.36. The molecule has 1 aromatic heterocycles. The van der Waals surface area contributed by atoms with Crippen LogP contribution in [0.2, 0.25) is 0 Å². The van der Waals surface area contributed by atoms with Crippen molar-refractivity contribution in [1.29, 1.82) is 0 Å². The molecular formula is C14H23N3. The highest BCUT2D eigenvalue weighted by Crippen LogP contribution is 2.38. The first kappa shape index (κ1) is 12.5. The quantitative estimate of drug-likeness (QED) is 0.868. The van der Waals surface area contributed by atoms with E-state index in [1.54, 1.807) is 0 Å². The Hall–Kier alpha value is -0.930. The van der Waals surface area contributed by atoms with Gasteiger partial charge < -0.3 is 5.73 Å². The van der Waals surface area contributed by atoms with Gasteiger partial charge in [-0.3, -0.25) is 9.88 Å². The molecule has 0 amide bonds. The molecule has 2 rings (SSSR count). The smallest absolute Gasteiger partial charge is 0.0271 e. The fraction of sp³-hybridized carbons (Fsp3) is 0.643. The van der Waals surface area contributed by atoms with Crippen molar-refractivity contribution in [1.82, 2.24) is 9.88 Å². The molecule has 94 valence electrons.